The highest BCUT2D eigenvalue weighted by Gasteiger charge is 2.61. The molecule has 2 fully saturated rings. The van der Waals surface area contributed by atoms with E-state index in [0.29, 0.717) is 0 Å². The molecule has 1 amide bonds. The summed E-state index contributed by atoms with van der Waals surface area (Å²) < 4.78 is 0.260. The number of allylic oxidation sites excluding steroid dienone is 1. The van der Waals surface area contributed by atoms with Crippen molar-refractivity contribution >= 4 is 29.1 Å². The van der Waals surface area contributed by atoms with Crippen molar-refractivity contribution in [3.05, 3.63) is 46.5 Å². The van der Waals surface area contributed by atoms with E-state index in [-0.39, 0.29) is 27.6 Å². The highest BCUT2D eigenvalue weighted by atomic mass is 35.5. The van der Waals surface area contributed by atoms with Crippen molar-refractivity contribution in [2.24, 2.45) is 17.3 Å². The van der Waals surface area contributed by atoms with Gasteiger partial charge in [-0.3, -0.25) is 9.69 Å². The first-order valence-corrected chi connectivity index (χ1v) is 9.23. The average Bonchev–Trinajstić information content (AvgIpc) is 3.08. The molecule has 1 aromatic rings. The van der Waals surface area contributed by atoms with Crippen LogP contribution in [0.3, 0.4) is 0 Å². The van der Waals surface area contributed by atoms with Crippen molar-refractivity contribution < 1.29 is 4.79 Å². The summed E-state index contributed by atoms with van der Waals surface area (Å²) in [5.74, 6) is 0.401. The lowest BCUT2D eigenvalue weighted by molar-refractivity contribution is -0.135. The summed E-state index contributed by atoms with van der Waals surface area (Å²) in [5, 5.41) is 0. The van der Waals surface area contributed by atoms with E-state index in [1.807, 2.05) is 17.0 Å². The van der Waals surface area contributed by atoms with Gasteiger partial charge in [0.2, 0.25) is 5.91 Å². The highest BCUT2D eigenvalue weighted by Crippen LogP contribution is 2.60. The fourth-order valence-corrected chi connectivity index (χ4v) is 4.03. The predicted molar refractivity (Wildman–Crippen MR) is 98.8 cm³/mol. The lowest BCUT2D eigenvalue weighted by Gasteiger charge is -2.35. The summed E-state index contributed by atoms with van der Waals surface area (Å²) >= 11 is 11.6. The first-order chi connectivity index (χ1) is 11.4. The van der Waals surface area contributed by atoms with Gasteiger partial charge in [0, 0.05) is 32.7 Å². The van der Waals surface area contributed by atoms with Gasteiger partial charge < -0.3 is 4.90 Å². The summed E-state index contributed by atoms with van der Waals surface area (Å²) in [7, 11) is 0. The molecular weight excluding hydrogens is 343 g/mol. The zero-order chi connectivity index (χ0) is 17.3. The van der Waals surface area contributed by atoms with Crippen LogP contribution in [0.2, 0.25) is 0 Å². The maximum atomic E-state index is 12.8. The molecule has 3 rings (SSSR count). The molecule has 1 aliphatic heterocycles. The Kier molecular flexibility index (Phi) is 5.24. The van der Waals surface area contributed by atoms with E-state index < -0.39 is 0 Å². The van der Waals surface area contributed by atoms with Gasteiger partial charge in [-0.15, -0.1) is 0 Å². The van der Waals surface area contributed by atoms with Crippen LogP contribution in [0.4, 0.5) is 0 Å². The molecule has 0 N–H and O–H groups in total. The standard InChI is InChI=1S/C19H24Cl2N2O/c1-19(2)15(12-16(20)21)17(19)18(24)23-10-8-22(9-11-23)13-14-6-4-3-5-7-14/h3-7,12,15,17H,8-11,13H2,1-2H3/t15-,17+/m0/s1. The third-order valence-corrected chi connectivity index (χ3v) is 5.67. The molecule has 1 saturated heterocycles. The van der Waals surface area contributed by atoms with E-state index in [0.717, 1.165) is 32.7 Å². The number of rotatable bonds is 4. The summed E-state index contributed by atoms with van der Waals surface area (Å²) in [6.45, 7) is 8.60. The van der Waals surface area contributed by atoms with Crippen LogP contribution in [0.1, 0.15) is 19.4 Å². The van der Waals surface area contributed by atoms with Crippen LogP contribution in [0, 0.1) is 17.3 Å². The highest BCUT2D eigenvalue weighted by molar-refractivity contribution is 6.55. The molecule has 24 heavy (non-hydrogen) atoms. The van der Waals surface area contributed by atoms with Gasteiger partial charge in [0.25, 0.3) is 0 Å². The minimum atomic E-state index is -0.0483. The number of carbonyl (C=O) groups is 1. The van der Waals surface area contributed by atoms with Crippen LogP contribution < -0.4 is 0 Å². The van der Waals surface area contributed by atoms with Gasteiger partial charge in [-0.05, 0) is 23.0 Å². The molecule has 2 atom stereocenters. The number of hydrogen-bond donors (Lipinski definition) is 0. The quantitative estimate of drug-likeness (QED) is 0.805. The van der Waals surface area contributed by atoms with Gasteiger partial charge in [-0.2, -0.15) is 0 Å². The monoisotopic (exact) mass is 366 g/mol. The van der Waals surface area contributed by atoms with E-state index in [1.165, 1.54) is 5.56 Å². The van der Waals surface area contributed by atoms with Gasteiger partial charge in [0.15, 0.2) is 0 Å². The van der Waals surface area contributed by atoms with Crippen LogP contribution in [0.15, 0.2) is 40.9 Å². The Morgan fingerprint density at radius 2 is 1.79 bits per heavy atom. The van der Waals surface area contributed by atoms with Crippen molar-refractivity contribution in [2.75, 3.05) is 26.2 Å². The van der Waals surface area contributed by atoms with E-state index in [4.69, 9.17) is 23.2 Å². The third kappa shape index (κ3) is 3.79. The summed E-state index contributed by atoms with van der Waals surface area (Å²) in [4.78, 5) is 17.2. The first kappa shape index (κ1) is 17.8. The number of amides is 1. The van der Waals surface area contributed by atoms with Crippen molar-refractivity contribution in [1.29, 1.82) is 0 Å². The van der Waals surface area contributed by atoms with Gasteiger partial charge in [-0.25, -0.2) is 0 Å². The molecule has 0 bridgehead atoms. The Morgan fingerprint density at radius 1 is 1.17 bits per heavy atom. The SMILES string of the molecule is CC1(C)[C@@H](C=C(Cl)Cl)[C@@H]1C(=O)N1CCN(Cc2ccccc2)CC1. The Hall–Kier alpha value is -1.03. The van der Waals surface area contributed by atoms with Crippen molar-refractivity contribution in [3.8, 4) is 0 Å². The number of benzene rings is 1. The van der Waals surface area contributed by atoms with Crippen molar-refractivity contribution in [3.63, 3.8) is 0 Å². The topological polar surface area (TPSA) is 23.6 Å². The Labute approximate surface area is 154 Å². The molecule has 1 aliphatic carbocycles. The van der Waals surface area contributed by atoms with E-state index in [2.05, 4.69) is 43.0 Å². The Balaban J connectivity index is 1.53. The smallest absolute Gasteiger partial charge is 0.226 e. The molecule has 0 radical (unpaired) electrons. The molecule has 3 nitrogen and oxygen atoms in total. The van der Waals surface area contributed by atoms with Crippen molar-refractivity contribution in [1.82, 2.24) is 9.80 Å². The molecule has 1 saturated carbocycles. The summed E-state index contributed by atoms with van der Waals surface area (Å²) in [5.41, 5.74) is 1.27. The van der Waals surface area contributed by atoms with Gasteiger partial charge in [0.05, 0.1) is 5.92 Å². The predicted octanol–water partition coefficient (Wildman–Crippen LogP) is 3.92. The zero-order valence-electron chi connectivity index (χ0n) is 14.2. The van der Waals surface area contributed by atoms with Gasteiger partial charge in [-0.1, -0.05) is 67.4 Å². The maximum Gasteiger partial charge on any atom is 0.226 e. The lowest BCUT2D eigenvalue weighted by Crippen LogP contribution is -2.49. The Bertz CT molecular complexity index is 618. The fraction of sp³-hybridized carbons (Fsp3) is 0.526. The number of carbonyl (C=O) groups excluding carboxylic acids is 1. The van der Waals surface area contributed by atoms with Crippen molar-refractivity contribution in [2.45, 2.75) is 20.4 Å². The number of halogens is 2. The first-order valence-electron chi connectivity index (χ1n) is 8.47. The molecule has 0 unspecified atom stereocenters. The summed E-state index contributed by atoms with van der Waals surface area (Å²) in [6.07, 6.45) is 1.82. The second-order valence-corrected chi connectivity index (χ2v) is 8.38. The molecule has 5 heteroatoms. The fourth-order valence-electron chi connectivity index (χ4n) is 3.76. The van der Waals surface area contributed by atoms with E-state index in [9.17, 15) is 4.79 Å². The second-order valence-electron chi connectivity index (χ2n) is 7.37. The number of piperazine rings is 1. The molecular formula is C19H24Cl2N2O. The minimum Gasteiger partial charge on any atom is -0.340 e. The van der Waals surface area contributed by atoms with Crippen LogP contribution in [0.25, 0.3) is 0 Å². The average molecular weight is 367 g/mol. The van der Waals surface area contributed by atoms with Gasteiger partial charge in [0.1, 0.15) is 4.49 Å². The molecule has 1 aromatic carbocycles. The number of nitrogens with zero attached hydrogens (tertiary/aromatic N) is 2. The third-order valence-electron chi connectivity index (χ3n) is 5.42. The number of hydrogen-bond acceptors (Lipinski definition) is 2. The molecule has 0 spiro atoms. The molecule has 130 valence electrons. The second kappa shape index (κ2) is 7.07. The normalized spacial score (nSPS) is 26.1. The lowest BCUT2D eigenvalue weighted by atomic mass is 10.1. The maximum absolute atomic E-state index is 12.8. The minimum absolute atomic E-state index is 0.00525. The van der Waals surface area contributed by atoms with E-state index >= 15 is 0 Å². The van der Waals surface area contributed by atoms with Crippen LogP contribution in [-0.2, 0) is 11.3 Å². The van der Waals surface area contributed by atoms with Crippen LogP contribution in [0.5, 0.6) is 0 Å². The Morgan fingerprint density at radius 3 is 2.38 bits per heavy atom. The van der Waals surface area contributed by atoms with Gasteiger partial charge >= 0.3 is 0 Å². The van der Waals surface area contributed by atoms with E-state index in [1.54, 1.807) is 0 Å². The molecule has 0 aromatic heterocycles. The summed E-state index contributed by atoms with van der Waals surface area (Å²) in [6, 6.07) is 10.5. The largest absolute Gasteiger partial charge is 0.340 e. The van der Waals surface area contributed by atoms with Crippen LogP contribution >= 0.6 is 23.2 Å². The molecule has 2 aliphatic rings. The molecule has 1 heterocycles. The van der Waals surface area contributed by atoms with Crippen LogP contribution in [-0.4, -0.2) is 41.9 Å². The zero-order valence-corrected chi connectivity index (χ0v) is 15.7.